The first-order valence-electron chi connectivity index (χ1n) is 7.59. The van der Waals surface area contributed by atoms with Crippen molar-refractivity contribution in [2.45, 2.75) is 71.3 Å². The molecular formula is C15H30N2O. The van der Waals surface area contributed by atoms with Gasteiger partial charge in [-0.15, -0.1) is 0 Å². The SMILES string of the molecule is CCCCCCCCC(=O)N1CCNCC1(C)C. The van der Waals surface area contributed by atoms with Gasteiger partial charge in [-0.2, -0.15) is 0 Å². The Labute approximate surface area is 112 Å². The van der Waals surface area contributed by atoms with Crippen LogP contribution < -0.4 is 5.32 Å². The summed E-state index contributed by atoms with van der Waals surface area (Å²) in [5.74, 6) is 0.344. The Bertz CT molecular complexity index is 251. The van der Waals surface area contributed by atoms with Crippen LogP contribution in [-0.2, 0) is 4.79 Å². The van der Waals surface area contributed by atoms with E-state index in [-0.39, 0.29) is 5.54 Å². The lowest BCUT2D eigenvalue weighted by Gasteiger charge is -2.43. The number of rotatable bonds is 7. The minimum Gasteiger partial charge on any atom is -0.335 e. The third-order valence-corrected chi connectivity index (χ3v) is 3.85. The van der Waals surface area contributed by atoms with E-state index in [1.807, 2.05) is 0 Å². The number of carbonyl (C=O) groups is 1. The first kappa shape index (κ1) is 15.5. The van der Waals surface area contributed by atoms with Gasteiger partial charge in [0.2, 0.25) is 5.91 Å². The highest BCUT2D eigenvalue weighted by Crippen LogP contribution is 2.18. The van der Waals surface area contributed by atoms with E-state index in [1.165, 1.54) is 32.1 Å². The lowest BCUT2D eigenvalue weighted by molar-refractivity contribution is -0.137. The lowest BCUT2D eigenvalue weighted by atomic mass is 9.99. The van der Waals surface area contributed by atoms with E-state index in [1.54, 1.807) is 0 Å². The fourth-order valence-corrected chi connectivity index (χ4v) is 2.64. The van der Waals surface area contributed by atoms with Crippen molar-refractivity contribution < 1.29 is 4.79 Å². The second-order valence-corrected chi connectivity index (χ2v) is 6.05. The first-order valence-corrected chi connectivity index (χ1v) is 7.59. The Morgan fingerprint density at radius 3 is 2.50 bits per heavy atom. The van der Waals surface area contributed by atoms with Crippen LogP contribution in [0.3, 0.4) is 0 Å². The summed E-state index contributed by atoms with van der Waals surface area (Å²) in [6.45, 7) is 9.25. The molecule has 1 amide bonds. The molecule has 1 saturated heterocycles. The zero-order valence-electron chi connectivity index (χ0n) is 12.4. The Kier molecular flexibility index (Phi) is 6.69. The minimum absolute atomic E-state index is 0.0163. The Morgan fingerprint density at radius 1 is 1.17 bits per heavy atom. The molecule has 0 unspecified atom stereocenters. The zero-order chi connectivity index (χ0) is 13.4. The van der Waals surface area contributed by atoms with Crippen LogP contribution in [0.2, 0.25) is 0 Å². The molecule has 0 radical (unpaired) electrons. The topological polar surface area (TPSA) is 32.3 Å². The number of carbonyl (C=O) groups excluding carboxylic acids is 1. The van der Waals surface area contributed by atoms with Crippen LogP contribution in [-0.4, -0.2) is 36.0 Å². The van der Waals surface area contributed by atoms with Crippen molar-refractivity contribution in [1.82, 2.24) is 10.2 Å². The summed E-state index contributed by atoms with van der Waals surface area (Å²) in [5, 5.41) is 3.36. The molecule has 1 heterocycles. The van der Waals surface area contributed by atoms with Crippen molar-refractivity contribution in [2.24, 2.45) is 0 Å². The molecule has 1 aliphatic rings. The lowest BCUT2D eigenvalue weighted by Crippen LogP contribution is -2.59. The molecule has 0 aromatic heterocycles. The smallest absolute Gasteiger partial charge is 0.223 e. The van der Waals surface area contributed by atoms with E-state index >= 15 is 0 Å². The van der Waals surface area contributed by atoms with Crippen LogP contribution in [0, 0.1) is 0 Å². The zero-order valence-corrected chi connectivity index (χ0v) is 12.4. The molecule has 1 fully saturated rings. The van der Waals surface area contributed by atoms with Crippen LogP contribution in [0.25, 0.3) is 0 Å². The summed E-state index contributed by atoms with van der Waals surface area (Å²) in [6.07, 6.45) is 8.22. The van der Waals surface area contributed by atoms with Gasteiger partial charge >= 0.3 is 0 Å². The highest BCUT2D eigenvalue weighted by Gasteiger charge is 2.32. The second-order valence-electron chi connectivity index (χ2n) is 6.05. The third kappa shape index (κ3) is 4.97. The molecule has 0 spiro atoms. The molecule has 0 saturated carbocycles. The van der Waals surface area contributed by atoms with E-state index in [0.29, 0.717) is 5.91 Å². The van der Waals surface area contributed by atoms with Crippen LogP contribution >= 0.6 is 0 Å². The molecular weight excluding hydrogens is 224 g/mol. The molecule has 1 N–H and O–H groups in total. The van der Waals surface area contributed by atoms with Crippen LogP contribution in [0.15, 0.2) is 0 Å². The van der Waals surface area contributed by atoms with E-state index in [4.69, 9.17) is 0 Å². The summed E-state index contributed by atoms with van der Waals surface area (Å²) in [7, 11) is 0. The molecule has 106 valence electrons. The fourth-order valence-electron chi connectivity index (χ4n) is 2.64. The minimum atomic E-state index is -0.0163. The number of amides is 1. The number of nitrogens with one attached hydrogen (secondary N) is 1. The molecule has 0 aromatic carbocycles. The van der Waals surface area contributed by atoms with Gasteiger partial charge in [0.15, 0.2) is 0 Å². The Hall–Kier alpha value is -0.570. The monoisotopic (exact) mass is 254 g/mol. The Balaban J connectivity index is 2.19. The van der Waals surface area contributed by atoms with Crippen molar-refractivity contribution in [3.63, 3.8) is 0 Å². The Morgan fingerprint density at radius 2 is 1.83 bits per heavy atom. The average Bonchev–Trinajstić information content (AvgIpc) is 2.32. The standard InChI is InChI=1S/C15H30N2O/c1-4-5-6-7-8-9-10-14(18)17-12-11-16-13-15(17,2)3/h16H,4-13H2,1-3H3. The van der Waals surface area contributed by atoms with E-state index in [0.717, 1.165) is 32.5 Å². The quantitative estimate of drug-likeness (QED) is 0.708. The molecule has 0 aliphatic carbocycles. The van der Waals surface area contributed by atoms with Gasteiger partial charge in [0.05, 0.1) is 0 Å². The number of piperazine rings is 1. The van der Waals surface area contributed by atoms with Crippen molar-refractivity contribution >= 4 is 5.91 Å². The van der Waals surface area contributed by atoms with Crippen molar-refractivity contribution in [3.05, 3.63) is 0 Å². The third-order valence-electron chi connectivity index (χ3n) is 3.85. The fraction of sp³-hybridized carbons (Fsp3) is 0.933. The molecule has 0 bridgehead atoms. The maximum Gasteiger partial charge on any atom is 0.223 e. The van der Waals surface area contributed by atoms with Crippen LogP contribution in [0.4, 0.5) is 0 Å². The van der Waals surface area contributed by atoms with Gasteiger partial charge < -0.3 is 10.2 Å². The van der Waals surface area contributed by atoms with Gasteiger partial charge in [-0.3, -0.25) is 4.79 Å². The number of hydrogen-bond donors (Lipinski definition) is 1. The van der Waals surface area contributed by atoms with E-state index < -0.39 is 0 Å². The van der Waals surface area contributed by atoms with Crippen molar-refractivity contribution in [1.29, 1.82) is 0 Å². The van der Waals surface area contributed by atoms with Gasteiger partial charge in [-0.1, -0.05) is 39.0 Å². The second kappa shape index (κ2) is 7.78. The van der Waals surface area contributed by atoms with Gasteiger partial charge in [0.1, 0.15) is 0 Å². The molecule has 18 heavy (non-hydrogen) atoms. The summed E-state index contributed by atoms with van der Waals surface area (Å²) in [6, 6.07) is 0. The molecule has 3 nitrogen and oxygen atoms in total. The number of nitrogens with zero attached hydrogens (tertiary/aromatic N) is 1. The summed E-state index contributed by atoms with van der Waals surface area (Å²) >= 11 is 0. The highest BCUT2D eigenvalue weighted by atomic mass is 16.2. The van der Waals surface area contributed by atoms with Gasteiger partial charge in [-0.25, -0.2) is 0 Å². The predicted molar refractivity (Wildman–Crippen MR) is 76.7 cm³/mol. The van der Waals surface area contributed by atoms with E-state index in [2.05, 4.69) is 31.0 Å². The van der Waals surface area contributed by atoms with Crippen LogP contribution in [0.5, 0.6) is 0 Å². The normalized spacial score (nSPS) is 18.9. The molecule has 0 atom stereocenters. The summed E-state index contributed by atoms with van der Waals surface area (Å²) < 4.78 is 0. The summed E-state index contributed by atoms with van der Waals surface area (Å²) in [5.41, 5.74) is -0.0163. The van der Waals surface area contributed by atoms with Gasteiger partial charge in [0, 0.05) is 31.6 Å². The first-order chi connectivity index (χ1) is 8.58. The molecule has 3 heteroatoms. The molecule has 1 rings (SSSR count). The largest absolute Gasteiger partial charge is 0.335 e. The number of hydrogen-bond acceptors (Lipinski definition) is 2. The maximum absolute atomic E-state index is 12.2. The van der Waals surface area contributed by atoms with Crippen LogP contribution in [0.1, 0.15) is 65.7 Å². The van der Waals surface area contributed by atoms with Gasteiger partial charge in [0.25, 0.3) is 0 Å². The molecule has 0 aromatic rings. The predicted octanol–water partition coefficient (Wildman–Crippen LogP) is 2.95. The van der Waals surface area contributed by atoms with Crippen molar-refractivity contribution in [3.8, 4) is 0 Å². The van der Waals surface area contributed by atoms with Gasteiger partial charge in [-0.05, 0) is 20.3 Å². The van der Waals surface area contributed by atoms with Crippen molar-refractivity contribution in [2.75, 3.05) is 19.6 Å². The highest BCUT2D eigenvalue weighted by molar-refractivity contribution is 5.77. The average molecular weight is 254 g/mol. The summed E-state index contributed by atoms with van der Waals surface area (Å²) in [4.78, 5) is 14.3. The van der Waals surface area contributed by atoms with E-state index in [9.17, 15) is 4.79 Å². The molecule has 1 aliphatic heterocycles. The maximum atomic E-state index is 12.2. The number of unbranched alkanes of at least 4 members (excludes halogenated alkanes) is 5.